The maximum atomic E-state index is 11.2. The van der Waals surface area contributed by atoms with Gasteiger partial charge in [-0.25, -0.2) is 4.98 Å². The number of rotatable bonds is 6. The van der Waals surface area contributed by atoms with Gasteiger partial charge >= 0.3 is 5.69 Å². The Kier molecular flexibility index (Phi) is 5.03. The quantitative estimate of drug-likeness (QED) is 0.357. The van der Waals surface area contributed by atoms with Crippen LogP contribution in [-0.4, -0.2) is 26.1 Å². The zero-order valence-corrected chi connectivity index (χ0v) is 14.4. The van der Waals surface area contributed by atoms with Crippen LogP contribution >= 0.6 is 0 Å². The molecule has 3 aromatic rings. The molecule has 0 atom stereocenters. The van der Waals surface area contributed by atoms with Gasteiger partial charge < -0.3 is 4.74 Å². The van der Waals surface area contributed by atoms with Crippen molar-refractivity contribution in [1.29, 1.82) is 0 Å². The lowest BCUT2D eigenvalue weighted by molar-refractivity contribution is -0.385. The third kappa shape index (κ3) is 3.96. The average molecular weight is 380 g/mol. The number of non-ortho nitro benzene ring substituents is 1. The number of aromatic nitrogens is 2. The Morgan fingerprint density at radius 2 is 1.79 bits per heavy atom. The van der Waals surface area contributed by atoms with E-state index in [4.69, 9.17) is 4.74 Å². The molecule has 0 fully saturated rings. The van der Waals surface area contributed by atoms with Crippen LogP contribution in [0.5, 0.6) is 11.6 Å². The topological polar surface area (TPSA) is 138 Å². The fourth-order valence-electron chi connectivity index (χ4n) is 2.43. The van der Waals surface area contributed by atoms with E-state index in [2.05, 4.69) is 9.97 Å². The van der Waals surface area contributed by atoms with Gasteiger partial charge in [-0.3, -0.25) is 25.0 Å². The van der Waals surface area contributed by atoms with Crippen molar-refractivity contribution in [3.63, 3.8) is 0 Å². The van der Waals surface area contributed by atoms with Gasteiger partial charge in [0, 0.05) is 41.1 Å². The first-order valence-electron chi connectivity index (χ1n) is 7.89. The molecule has 0 saturated heterocycles. The average Bonchev–Trinajstić information content (AvgIpc) is 2.67. The number of carbonyl (C=O) groups is 1. The normalized spacial score (nSPS) is 10.3. The van der Waals surface area contributed by atoms with Gasteiger partial charge in [0.2, 0.25) is 11.6 Å². The molecule has 0 saturated carbocycles. The Morgan fingerprint density at radius 3 is 2.46 bits per heavy atom. The summed E-state index contributed by atoms with van der Waals surface area (Å²) in [4.78, 5) is 40.4. The molecule has 3 rings (SSSR count). The summed E-state index contributed by atoms with van der Waals surface area (Å²) in [6, 6.07) is 10.9. The summed E-state index contributed by atoms with van der Waals surface area (Å²) in [6.07, 6.45) is 0.538. The third-order valence-electron chi connectivity index (χ3n) is 3.68. The van der Waals surface area contributed by atoms with E-state index in [1.165, 1.54) is 36.4 Å². The zero-order valence-electron chi connectivity index (χ0n) is 14.4. The summed E-state index contributed by atoms with van der Waals surface area (Å²) in [5.41, 5.74) is 0.614. The minimum atomic E-state index is -0.639. The van der Waals surface area contributed by atoms with E-state index < -0.39 is 9.85 Å². The van der Waals surface area contributed by atoms with Crippen LogP contribution < -0.4 is 4.74 Å². The number of hydrogen-bond acceptors (Lipinski definition) is 8. The molecule has 0 unspecified atom stereocenters. The van der Waals surface area contributed by atoms with Crippen molar-refractivity contribution in [3.05, 3.63) is 80.0 Å². The maximum Gasteiger partial charge on any atom is 0.311 e. The van der Waals surface area contributed by atoms with Gasteiger partial charge in [0.25, 0.3) is 5.69 Å². The van der Waals surface area contributed by atoms with Crippen LogP contribution in [-0.2, 0) is 0 Å². The van der Waals surface area contributed by atoms with Gasteiger partial charge in [0.15, 0.2) is 5.82 Å². The molecule has 140 valence electrons. The molecule has 10 heteroatoms. The van der Waals surface area contributed by atoms with Gasteiger partial charge in [-0.2, -0.15) is 4.98 Å². The third-order valence-corrected chi connectivity index (χ3v) is 3.68. The predicted octanol–water partition coefficient (Wildman–Crippen LogP) is 3.87. The van der Waals surface area contributed by atoms with Crippen molar-refractivity contribution < 1.29 is 19.4 Å². The van der Waals surface area contributed by atoms with E-state index in [0.717, 1.165) is 6.07 Å². The first kappa shape index (κ1) is 18.6. The molecule has 1 heterocycles. The second-order valence-electron chi connectivity index (χ2n) is 5.68. The van der Waals surface area contributed by atoms with Crippen LogP contribution in [0.4, 0.5) is 11.4 Å². The fraction of sp³-hybridized carbons (Fsp3) is 0.0556. The minimum absolute atomic E-state index is 0.000144. The van der Waals surface area contributed by atoms with Gasteiger partial charge in [0.05, 0.1) is 9.85 Å². The van der Waals surface area contributed by atoms with Crippen LogP contribution in [0.3, 0.4) is 0 Å². The van der Waals surface area contributed by atoms with Gasteiger partial charge in [-0.15, -0.1) is 0 Å². The largest absolute Gasteiger partial charge is 0.432 e. The van der Waals surface area contributed by atoms with Crippen LogP contribution in [0.25, 0.3) is 11.4 Å². The number of aryl methyl sites for hydroxylation is 1. The molecule has 0 N–H and O–H groups in total. The summed E-state index contributed by atoms with van der Waals surface area (Å²) in [7, 11) is 0. The van der Waals surface area contributed by atoms with Crippen molar-refractivity contribution in [2.24, 2.45) is 0 Å². The molecule has 1 aromatic heterocycles. The summed E-state index contributed by atoms with van der Waals surface area (Å²) in [5, 5.41) is 22.2. The molecule has 0 radical (unpaired) electrons. The second kappa shape index (κ2) is 7.58. The fourth-order valence-corrected chi connectivity index (χ4v) is 2.43. The van der Waals surface area contributed by atoms with E-state index in [1.54, 1.807) is 13.0 Å². The van der Waals surface area contributed by atoms with Crippen LogP contribution in [0.15, 0.2) is 48.5 Å². The summed E-state index contributed by atoms with van der Waals surface area (Å²) < 4.78 is 5.55. The van der Waals surface area contributed by atoms with Crippen molar-refractivity contribution in [2.75, 3.05) is 0 Å². The highest BCUT2D eigenvalue weighted by molar-refractivity contribution is 5.77. The smallest absolute Gasteiger partial charge is 0.311 e. The van der Waals surface area contributed by atoms with E-state index in [0.29, 0.717) is 17.5 Å². The molecule has 0 spiro atoms. The summed E-state index contributed by atoms with van der Waals surface area (Å²) in [5.74, 6) is 0.00532. The van der Waals surface area contributed by atoms with Crippen molar-refractivity contribution in [1.82, 2.24) is 9.97 Å². The number of nitrogens with zero attached hydrogens (tertiary/aromatic N) is 4. The summed E-state index contributed by atoms with van der Waals surface area (Å²) >= 11 is 0. The Bertz CT molecular complexity index is 1100. The first-order valence-corrected chi connectivity index (χ1v) is 7.89. The summed E-state index contributed by atoms with van der Waals surface area (Å²) in [6.45, 7) is 1.66. The molecule has 0 aliphatic carbocycles. The number of carbonyl (C=O) groups excluding carboxylic acids is 1. The molecule has 0 aliphatic rings. The Balaban J connectivity index is 2.04. The number of nitro groups is 2. The number of nitro benzene ring substituents is 2. The molecular formula is C18H12N4O6. The Hall–Kier alpha value is -4.21. The molecule has 0 amide bonds. The first-order chi connectivity index (χ1) is 13.4. The van der Waals surface area contributed by atoms with E-state index in [-0.39, 0.29) is 34.4 Å². The van der Waals surface area contributed by atoms with Gasteiger partial charge in [0.1, 0.15) is 6.29 Å². The molecule has 28 heavy (non-hydrogen) atoms. The predicted molar refractivity (Wildman–Crippen MR) is 97.4 cm³/mol. The van der Waals surface area contributed by atoms with E-state index >= 15 is 0 Å². The minimum Gasteiger partial charge on any atom is -0.432 e. The maximum absolute atomic E-state index is 11.2. The van der Waals surface area contributed by atoms with Crippen molar-refractivity contribution in [3.8, 4) is 23.0 Å². The van der Waals surface area contributed by atoms with Crippen molar-refractivity contribution in [2.45, 2.75) is 6.92 Å². The zero-order chi connectivity index (χ0) is 20.3. The number of aldehydes is 1. The lowest BCUT2D eigenvalue weighted by atomic mass is 10.2. The standard InChI is InChI=1S/C18H12N4O6/c1-11-7-17(28-16-8-12(10-23)5-6-15(16)22(26)27)20-18(19-11)13-3-2-4-14(9-13)21(24)25/h2-10H,1H3. The monoisotopic (exact) mass is 380 g/mol. The molecule has 10 nitrogen and oxygen atoms in total. The molecule has 0 aliphatic heterocycles. The number of ether oxygens (including phenoxy) is 1. The highest BCUT2D eigenvalue weighted by atomic mass is 16.6. The van der Waals surface area contributed by atoms with Crippen LogP contribution in [0.2, 0.25) is 0 Å². The number of benzene rings is 2. The molecule has 0 bridgehead atoms. The number of hydrogen-bond donors (Lipinski definition) is 0. The Morgan fingerprint density at radius 1 is 1.00 bits per heavy atom. The van der Waals surface area contributed by atoms with Crippen LogP contribution in [0.1, 0.15) is 16.1 Å². The lowest BCUT2D eigenvalue weighted by Crippen LogP contribution is -1.99. The SMILES string of the molecule is Cc1cc(Oc2cc(C=O)ccc2[N+](=O)[O-])nc(-c2cccc([N+](=O)[O-])c2)n1. The van der Waals surface area contributed by atoms with Gasteiger partial charge in [-0.1, -0.05) is 12.1 Å². The van der Waals surface area contributed by atoms with Crippen molar-refractivity contribution >= 4 is 17.7 Å². The van der Waals surface area contributed by atoms with Crippen LogP contribution in [0, 0.1) is 27.2 Å². The highest BCUT2D eigenvalue weighted by Gasteiger charge is 2.18. The van der Waals surface area contributed by atoms with E-state index in [9.17, 15) is 25.0 Å². The highest BCUT2D eigenvalue weighted by Crippen LogP contribution is 2.32. The molecule has 2 aromatic carbocycles. The second-order valence-corrected chi connectivity index (χ2v) is 5.68. The van der Waals surface area contributed by atoms with E-state index in [1.807, 2.05) is 0 Å². The van der Waals surface area contributed by atoms with Gasteiger partial charge in [-0.05, 0) is 19.1 Å². The Labute approximate surface area is 157 Å². The molecular weight excluding hydrogens is 368 g/mol. The lowest BCUT2D eigenvalue weighted by Gasteiger charge is -2.09.